The van der Waals surface area contributed by atoms with E-state index in [-0.39, 0.29) is 28.7 Å². The van der Waals surface area contributed by atoms with Crippen LogP contribution in [0.4, 0.5) is 5.82 Å². The fourth-order valence-electron chi connectivity index (χ4n) is 1.37. The summed E-state index contributed by atoms with van der Waals surface area (Å²) in [7, 11) is 0. The van der Waals surface area contributed by atoms with Crippen LogP contribution in [0.25, 0.3) is 0 Å². The molecule has 3 N–H and O–H groups in total. The number of halogens is 2. The van der Waals surface area contributed by atoms with Gasteiger partial charge in [-0.05, 0) is 23.7 Å². The maximum atomic E-state index is 12.0. The van der Waals surface area contributed by atoms with E-state index in [4.69, 9.17) is 28.9 Å². The van der Waals surface area contributed by atoms with Crippen molar-refractivity contribution < 1.29 is 4.79 Å². The second-order valence-corrected chi connectivity index (χ2v) is 4.26. The number of hydrogen-bond acceptors (Lipinski definition) is 5. The summed E-state index contributed by atoms with van der Waals surface area (Å²) in [6, 6.07) is 4.56. The first kappa shape index (κ1) is 13.7. The lowest BCUT2D eigenvalue weighted by Crippen LogP contribution is -2.14. The lowest BCUT2D eigenvalue weighted by atomic mass is 10.2. The van der Waals surface area contributed by atoms with Crippen molar-refractivity contribution in [3.63, 3.8) is 0 Å². The maximum Gasteiger partial charge on any atom is 0.256 e. The molecule has 98 valence electrons. The lowest BCUT2D eigenvalue weighted by Gasteiger charge is -2.05. The molecule has 0 aliphatic rings. The van der Waals surface area contributed by atoms with Gasteiger partial charge in [0.2, 0.25) is 5.28 Å². The average molecular weight is 298 g/mol. The van der Waals surface area contributed by atoms with Crippen molar-refractivity contribution in [2.45, 2.75) is 6.54 Å². The van der Waals surface area contributed by atoms with Crippen LogP contribution in [0.2, 0.25) is 10.4 Å². The lowest BCUT2D eigenvalue weighted by molar-refractivity contribution is 0.102. The van der Waals surface area contributed by atoms with Crippen LogP contribution < -0.4 is 11.1 Å². The second kappa shape index (κ2) is 5.92. The molecule has 2 aromatic rings. The van der Waals surface area contributed by atoms with E-state index < -0.39 is 0 Å². The molecular formula is C11H9Cl2N5O. The van der Waals surface area contributed by atoms with Gasteiger partial charge in [0, 0.05) is 24.4 Å². The molecule has 0 atom stereocenters. The Balaban J connectivity index is 2.20. The van der Waals surface area contributed by atoms with Crippen molar-refractivity contribution in [2.24, 2.45) is 5.73 Å². The monoisotopic (exact) mass is 297 g/mol. The van der Waals surface area contributed by atoms with Gasteiger partial charge in [-0.15, -0.1) is 0 Å². The SMILES string of the molecule is NCc1cc(C(=O)Nc2cc(Cl)nc(Cl)n2)ccn1. The zero-order valence-corrected chi connectivity index (χ0v) is 11.1. The summed E-state index contributed by atoms with van der Waals surface area (Å²) >= 11 is 11.4. The van der Waals surface area contributed by atoms with Gasteiger partial charge in [-0.2, -0.15) is 0 Å². The number of carbonyl (C=O) groups is 1. The first-order chi connectivity index (χ1) is 9.08. The standard InChI is InChI=1S/C11H9Cl2N5O/c12-8-4-9(18-11(13)16-8)17-10(19)6-1-2-15-7(3-6)5-14/h1-4H,5,14H2,(H,16,17,18,19). The Labute approximate surface area is 119 Å². The molecule has 2 heterocycles. The topological polar surface area (TPSA) is 93.8 Å². The minimum Gasteiger partial charge on any atom is -0.325 e. The van der Waals surface area contributed by atoms with Crippen molar-refractivity contribution in [3.05, 3.63) is 46.1 Å². The third-order valence-corrected chi connectivity index (χ3v) is 2.56. The van der Waals surface area contributed by atoms with Gasteiger partial charge in [0.05, 0.1) is 5.69 Å². The third kappa shape index (κ3) is 3.60. The molecule has 1 amide bonds. The highest BCUT2D eigenvalue weighted by Gasteiger charge is 2.09. The molecule has 0 saturated heterocycles. The number of nitrogens with two attached hydrogens (primary N) is 1. The van der Waals surface area contributed by atoms with Crippen molar-refractivity contribution in [2.75, 3.05) is 5.32 Å². The Morgan fingerprint density at radius 2 is 2.11 bits per heavy atom. The summed E-state index contributed by atoms with van der Waals surface area (Å²) in [5.74, 6) is -0.135. The molecule has 0 aliphatic heterocycles. The fourth-order valence-corrected chi connectivity index (χ4v) is 1.78. The zero-order chi connectivity index (χ0) is 13.8. The highest BCUT2D eigenvalue weighted by atomic mass is 35.5. The van der Waals surface area contributed by atoms with E-state index in [1.165, 1.54) is 12.3 Å². The normalized spacial score (nSPS) is 10.3. The summed E-state index contributed by atoms with van der Waals surface area (Å²) in [6.07, 6.45) is 1.51. The fraction of sp³-hybridized carbons (Fsp3) is 0.0909. The van der Waals surface area contributed by atoms with Gasteiger partial charge in [0.25, 0.3) is 5.91 Å². The second-order valence-electron chi connectivity index (χ2n) is 3.54. The largest absolute Gasteiger partial charge is 0.325 e. The third-order valence-electron chi connectivity index (χ3n) is 2.20. The van der Waals surface area contributed by atoms with E-state index in [2.05, 4.69) is 20.3 Å². The molecule has 2 rings (SSSR count). The van der Waals surface area contributed by atoms with Crippen molar-refractivity contribution in [1.82, 2.24) is 15.0 Å². The molecule has 8 heteroatoms. The smallest absolute Gasteiger partial charge is 0.256 e. The molecule has 0 radical (unpaired) electrons. The number of amides is 1. The van der Waals surface area contributed by atoms with Crippen LogP contribution in [0.5, 0.6) is 0 Å². The molecule has 0 unspecified atom stereocenters. The Hall–Kier alpha value is -1.76. The van der Waals surface area contributed by atoms with E-state index >= 15 is 0 Å². The maximum absolute atomic E-state index is 12.0. The van der Waals surface area contributed by atoms with Gasteiger partial charge >= 0.3 is 0 Å². The molecule has 0 fully saturated rings. The van der Waals surface area contributed by atoms with Crippen LogP contribution in [-0.2, 0) is 6.54 Å². The average Bonchev–Trinajstić information content (AvgIpc) is 2.37. The van der Waals surface area contributed by atoms with Gasteiger partial charge in [-0.1, -0.05) is 11.6 Å². The van der Waals surface area contributed by atoms with E-state index in [9.17, 15) is 4.79 Å². The van der Waals surface area contributed by atoms with Gasteiger partial charge in [-0.25, -0.2) is 9.97 Å². The molecule has 0 spiro atoms. The number of pyridine rings is 1. The van der Waals surface area contributed by atoms with E-state index in [1.54, 1.807) is 12.1 Å². The molecular weight excluding hydrogens is 289 g/mol. The summed E-state index contributed by atoms with van der Waals surface area (Å²) < 4.78 is 0. The Bertz CT molecular complexity index is 600. The van der Waals surface area contributed by atoms with Crippen LogP contribution in [0, 0.1) is 0 Å². The first-order valence-corrected chi connectivity index (χ1v) is 6.00. The predicted molar refractivity (Wildman–Crippen MR) is 72.1 cm³/mol. The molecule has 0 aromatic carbocycles. The summed E-state index contributed by atoms with van der Waals surface area (Å²) in [5, 5.41) is 2.67. The van der Waals surface area contributed by atoms with Crippen LogP contribution in [-0.4, -0.2) is 20.9 Å². The van der Waals surface area contributed by atoms with E-state index in [0.717, 1.165) is 0 Å². The Morgan fingerprint density at radius 3 is 2.79 bits per heavy atom. The number of anilines is 1. The van der Waals surface area contributed by atoms with Gasteiger partial charge in [0.1, 0.15) is 11.0 Å². The summed E-state index contributed by atoms with van der Waals surface area (Å²) in [4.78, 5) is 23.5. The number of nitrogens with zero attached hydrogens (tertiary/aromatic N) is 3. The summed E-state index contributed by atoms with van der Waals surface area (Å²) in [5.41, 5.74) is 6.50. The van der Waals surface area contributed by atoms with Gasteiger partial charge in [0.15, 0.2) is 0 Å². The van der Waals surface area contributed by atoms with E-state index in [0.29, 0.717) is 11.3 Å². The molecule has 19 heavy (non-hydrogen) atoms. The minimum atomic E-state index is -0.358. The number of aromatic nitrogens is 3. The van der Waals surface area contributed by atoms with Crippen LogP contribution in [0.3, 0.4) is 0 Å². The van der Waals surface area contributed by atoms with E-state index in [1.807, 2.05) is 0 Å². The highest BCUT2D eigenvalue weighted by Crippen LogP contribution is 2.15. The van der Waals surface area contributed by atoms with Crippen LogP contribution in [0.1, 0.15) is 16.1 Å². The molecule has 0 bridgehead atoms. The number of nitrogens with one attached hydrogen (secondary N) is 1. The molecule has 2 aromatic heterocycles. The number of hydrogen-bond donors (Lipinski definition) is 2. The van der Waals surface area contributed by atoms with Crippen molar-refractivity contribution >= 4 is 34.9 Å². The van der Waals surface area contributed by atoms with Crippen LogP contribution >= 0.6 is 23.2 Å². The molecule has 0 aliphatic carbocycles. The summed E-state index contributed by atoms with van der Waals surface area (Å²) in [6.45, 7) is 0.256. The first-order valence-electron chi connectivity index (χ1n) is 5.25. The number of rotatable bonds is 3. The quantitative estimate of drug-likeness (QED) is 0.666. The van der Waals surface area contributed by atoms with Gasteiger partial charge in [-0.3, -0.25) is 9.78 Å². The predicted octanol–water partition coefficient (Wildman–Crippen LogP) is 1.89. The number of carbonyl (C=O) groups excluding carboxylic acids is 1. The van der Waals surface area contributed by atoms with Crippen molar-refractivity contribution in [3.8, 4) is 0 Å². The van der Waals surface area contributed by atoms with Crippen molar-refractivity contribution in [1.29, 1.82) is 0 Å². The Kier molecular flexibility index (Phi) is 4.26. The Morgan fingerprint density at radius 1 is 1.32 bits per heavy atom. The van der Waals surface area contributed by atoms with Crippen LogP contribution in [0.15, 0.2) is 24.4 Å². The minimum absolute atomic E-state index is 0.0415. The van der Waals surface area contributed by atoms with Gasteiger partial charge < -0.3 is 11.1 Å². The highest BCUT2D eigenvalue weighted by molar-refractivity contribution is 6.32. The molecule has 6 nitrogen and oxygen atoms in total. The zero-order valence-electron chi connectivity index (χ0n) is 9.60. The molecule has 0 saturated carbocycles.